The fraction of sp³-hybridized carbons (Fsp3) is 0.240. The molecule has 0 amide bonds. The third-order valence-corrected chi connectivity index (χ3v) is 6.74. The van der Waals surface area contributed by atoms with E-state index >= 15 is 0 Å². The molecule has 174 valence electrons. The van der Waals surface area contributed by atoms with Crippen LogP contribution in [-0.2, 0) is 0 Å². The molecule has 0 saturated carbocycles. The summed E-state index contributed by atoms with van der Waals surface area (Å²) in [4.78, 5) is 20.4. The summed E-state index contributed by atoms with van der Waals surface area (Å²) in [5.41, 5.74) is 3.43. The highest BCUT2D eigenvalue weighted by Crippen LogP contribution is 2.33. The molecule has 0 spiro atoms. The van der Waals surface area contributed by atoms with Crippen molar-refractivity contribution in [2.75, 3.05) is 40.9 Å². The molecule has 0 bridgehead atoms. The Morgan fingerprint density at radius 2 is 1.76 bits per heavy atom. The van der Waals surface area contributed by atoms with Crippen LogP contribution in [0.5, 0.6) is 0 Å². The highest BCUT2D eigenvalue weighted by molar-refractivity contribution is 9.10. The maximum absolute atomic E-state index is 13.5. The molecule has 0 unspecified atom stereocenters. The Morgan fingerprint density at radius 3 is 2.44 bits per heavy atom. The molecule has 0 atom stereocenters. The Morgan fingerprint density at radius 1 is 0.971 bits per heavy atom. The predicted octanol–water partition coefficient (Wildman–Crippen LogP) is 6.05. The minimum absolute atomic E-state index is 0.282. The van der Waals surface area contributed by atoms with Gasteiger partial charge >= 0.3 is 0 Å². The summed E-state index contributed by atoms with van der Waals surface area (Å²) in [6, 6.07) is 10.1. The molecule has 2 aliphatic rings. The maximum Gasteiger partial charge on any atom is 0.232 e. The second kappa shape index (κ2) is 9.35. The van der Waals surface area contributed by atoms with Crippen molar-refractivity contribution in [3.8, 4) is 11.3 Å². The molecule has 2 aliphatic heterocycles. The second-order valence-electron chi connectivity index (χ2n) is 8.34. The number of hydrogen-bond donors (Lipinski definition) is 0. The number of pyridine rings is 1. The first kappa shape index (κ1) is 22.8. The highest BCUT2D eigenvalue weighted by atomic mass is 79.9. The minimum Gasteiger partial charge on any atom is -0.348 e. The Kier molecular flexibility index (Phi) is 6.27. The summed E-state index contributed by atoms with van der Waals surface area (Å²) in [6.45, 7) is 11.2. The molecule has 0 aliphatic carbocycles. The van der Waals surface area contributed by atoms with E-state index < -0.39 is 0 Å². The Hall–Kier alpha value is -2.97. The third-order valence-electron chi connectivity index (χ3n) is 6.02. The fourth-order valence-corrected chi connectivity index (χ4v) is 5.04. The van der Waals surface area contributed by atoms with Gasteiger partial charge in [0.25, 0.3) is 0 Å². The summed E-state index contributed by atoms with van der Waals surface area (Å²) >= 11 is 9.84. The van der Waals surface area contributed by atoms with E-state index in [0.29, 0.717) is 30.6 Å². The van der Waals surface area contributed by atoms with Crippen molar-refractivity contribution in [3.05, 3.63) is 82.5 Å². The summed E-state index contributed by atoms with van der Waals surface area (Å²) in [5.74, 6) is 1.81. The van der Waals surface area contributed by atoms with Crippen LogP contribution in [0.3, 0.4) is 0 Å². The van der Waals surface area contributed by atoms with Gasteiger partial charge in [-0.15, -0.1) is 0 Å². The van der Waals surface area contributed by atoms with E-state index in [2.05, 4.69) is 48.8 Å². The van der Waals surface area contributed by atoms with E-state index in [9.17, 15) is 4.39 Å². The van der Waals surface area contributed by atoms with Gasteiger partial charge in [-0.1, -0.05) is 24.8 Å². The number of anilines is 3. The Labute approximate surface area is 211 Å². The van der Waals surface area contributed by atoms with E-state index in [-0.39, 0.29) is 5.82 Å². The van der Waals surface area contributed by atoms with Gasteiger partial charge in [0.05, 0.1) is 17.3 Å². The van der Waals surface area contributed by atoms with Crippen molar-refractivity contribution in [1.82, 2.24) is 15.0 Å². The average Bonchev–Trinajstić information content (AvgIpc) is 3.25. The predicted molar refractivity (Wildman–Crippen MR) is 139 cm³/mol. The monoisotopic (exact) mass is 540 g/mol. The number of aromatic nitrogens is 3. The Balaban J connectivity index is 1.47. The van der Waals surface area contributed by atoms with Crippen LogP contribution in [0.15, 0.2) is 71.6 Å². The van der Waals surface area contributed by atoms with E-state index in [1.165, 1.54) is 12.1 Å². The minimum atomic E-state index is -0.282. The molecule has 0 N–H and O–H groups in total. The topological polar surface area (TPSA) is 48.4 Å². The molecule has 6 nitrogen and oxygen atoms in total. The van der Waals surface area contributed by atoms with Crippen LogP contribution in [0.4, 0.5) is 22.0 Å². The number of allylic oxidation sites excluding steroid dienone is 1. The quantitative estimate of drug-likeness (QED) is 0.401. The van der Waals surface area contributed by atoms with Gasteiger partial charge in [-0.05, 0) is 59.1 Å². The highest BCUT2D eigenvalue weighted by Gasteiger charge is 2.27. The number of rotatable bonds is 4. The van der Waals surface area contributed by atoms with Crippen LogP contribution in [0.2, 0.25) is 5.02 Å². The molecule has 2 fully saturated rings. The van der Waals surface area contributed by atoms with Gasteiger partial charge in [-0.3, -0.25) is 0 Å². The van der Waals surface area contributed by atoms with E-state index in [1.54, 1.807) is 18.3 Å². The van der Waals surface area contributed by atoms with Crippen molar-refractivity contribution in [1.29, 1.82) is 0 Å². The molecule has 9 heteroatoms. The lowest BCUT2D eigenvalue weighted by molar-refractivity contribution is 0.628. The van der Waals surface area contributed by atoms with Crippen molar-refractivity contribution >= 4 is 45.1 Å². The molecule has 34 heavy (non-hydrogen) atoms. The second-order valence-corrected chi connectivity index (χ2v) is 9.66. The zero-order chi connectivity index (χ0) is 23.8. The molecule has 4 heterocycles. The van der Waals surface area contributed by atoms with Gasteiger partial charge in [0, 0.05) is 53.3 Å². The van der Waals surface area contributed by atoms with Gasteiger partial charge in [-0.25, -0.2) is 14.4 Å². The lowest BCUT2D eigenvalue weighted by atomic mass is 10.1. The number of piperazine rings is 1. The third kappa shape index (κ3) is 4.52. The first-order chi connectivity index (χ1) is 16.4. The standard InChI is InChI=1S/C25H23BrClFN6/c1-16-4-3-9-34(16)25-30-22(18-5-7-20(28)8-6-18)13-23(31-25)33-11-10-32(15-17(33)2)24-21(27)12-19(26)14-29-24/h5-8,12-14H,1-4,9-11,15H2. The van der Waals surface area contributed by atoms with Crippen molar-refractivity contribution in [2.45, 2.75) is 12.8 Å². The molecule has 5 rings (SSSR count). The summed E-state index contributed by atoms with van der Waals surface area (Å²) < 4.78 is 14.4. The van der Waals surface area contributed by atoms with Crippen molar-refractivity contribution < 1.29 is 4.39 Å². The van der Waals surface area contributed by atoms with Gasteiger partial charge in [-0.2, -0.15) is 4.98 Å². The molecule has 2 saturated heterocycles. The first-order valence-corrected chi connectivity index (χ1v) is 12.2. The normalized spacial score (nSPS) is 16.5. The zero-order valence-corrected chi connectivity index (χ0v) is 20.9. The van der Waals surface area contributed by atoms with Gasteiger partial charge in [0.1, 0.15) is 17.5 Å². The lowest BCUT2D eigenvalue weighted by Crippen LogP contribution is -2.45. The van der Waals surface area contributed by atoms with Crippen LogP contribution in [-0.4, -0.2) is 41.1 Å². The molecule has 0 radical (unpaired) electrons. The smallest absolute Gasteiger partial charge is 0.232 e. The maximum atomic E-state index is 13.5. The lowest BCUT2D eigenvalue weighted by Gasteiger charge is -2.38. The van der Waals surface area contributed by atoms with Gasteiger partial charge in [0.15, 0.2) is 0 Å². The van der Waals surface area contributed by atoms with Crippen LogP contribution in [0.25, 0.3) is 11.3 Å². The van der Waals surface area contributed by atoms with Crippen molar-refractivity contribution in [3.63, 3.8) is 0 Å². The van der Waals surface area contributed by atoms with Crippen LogP contribution in [0.1, 0.15) is 12.8 Å². The average molecular weight is 542 g/mol. The van der Waals surface area contributed by atoms with E-state index in [0.717, 1.165) is 58.1 Å². The van der Waals surface area contributed by atoms with E-state index in [1.807, 2.05) is 12.1 Å². The molecular formula is C25H23BrClFN6. The fourth-order valence-electron chi connectivity index (χ4n) is 4.29. The summed E-state index contributed by atoms with van der Waals surface area (Å²) in [6.07, 6.45) is 3.68. The Bertz CT molecular complexity index is 1260. The van der Waals surface area contributed by atoms with Crippen LogP contribution < -0.4 is 14.7 Å². The number of hydrogen-bond acceptors (Lipinski definition) is 6. The molecule has 3 aromatic rings. The number of benzene rings is 1. The largest absolute Gasteiger partial charge is 0.348 e. The van der Waals surface area contributed by atoms with Crippen molar-refractivity contribution in [2.24, 2.45) is 0 Å². The van der Waals surface area contributed by atoms with Gasteiger partial charge in [0.2, 0.25) is 5.95 Å². The SMILES string of the molecule is C=C1CN(c2ncc(Br)cc2Cl)CCN1c1cc(-c2ccc(F)cc2)nc(N2CCCC2=C)n1. The van der Waals surface area contributed by atoms with Gasteiger partial charge < -0.3 is 14.7 Å². The van der Waals surface area contributed by atoms with Crippen LogP contribution in [0, 0.1) is 5.82 Å². The van der Waals surface area contributed by atoms with Crippen LogP contribution >= 0.6 is 27.5 Å². The summed E-state index contributed by atoms with van der Waals surface area (Å²) in [5, 5.41) is 0.589. The number of halogens is 3. The molecular weight excluding hydrogens is 519 g/mol. The molecule has 1 aromatic carbocycles. The number of nitrogens with zero attached hydrogens (tertiary/aromatic N) is 6. The molecule has 2 aromatic heterocycles. The summed E-state index contributed by atoms with van der Waals surface area (Å²) in [7, 11) is 0. The first-order valence-electron chi connectivity index (χ1n) is 11.0. The van der Waals surface area contributed by atoms with E-state index in [4.69, 9.17) is 21.6 Å². The zero-order valence-electron chi connectivity index (χ0n) is 18.5.